The molecule has 0 saturated carbocycles. The number of nitrogens with zero attached hydrogens (tertiary/aromatic N) is 2. The maximum absolute atomic E-state index is 12.6. The van der Waals surface area contributed by atoms with Crippen LogP contribution in [0, 0.1) is 0 Å². The van der Waals surface area contributed by atoms with Crippen LogP contribution >= 0.6 is 11.6 Å². The number of hydrogen-bond donors (Lipinski definition) is 0. The van der Waals surface area contributed by atoms with Crippen molar-refractivity contribution >= 4 is 27.5 Å². The topological polar surface area (TPSA) is 66.9 Å². The number of halogens is 1. The lowest BCUT2D eigenvalue weighted by molar-refractivity contribution is -0.129. The normalized spacial score (nSPS) is 16.8. The van der Waals surface area contributed by atoms with E-state index in [0.717, 1.165) is 0 Å². The monoisotopic (exact) mass is 332 g/mol. The van der Waals surface area contributed by atoms with Gasteiger partial charge in [-0.05, 0) is 12.1 Å². The molecule has 116 valence electrons. The van der Waals surface area contributed by atoms with E-state index in [1.54, 1.807) is 11.0 Å². The van der Waals surface area contributed by atoms with Gasteiger partial charge in [-0.2, -0.15) is 4.31 Å². The standard InChI is InChI=1S/C13H17ClN2O4S/c1-10(17)15-5-7-16(8-6-15)21(18,19)13-4-3-11(20-2)9-12(13)14/h3-4,9H,5-8H2,1-2H3. The molecule has 2 rings (SSSR count). The van der Waals surface area contributed by atoms with Crippen LogP contribution in [-0.4, -0.2) is 56.8 Å². The minimum Gasteiger partial charge on any atom is -0.497 e. The Morgan fingerprint density at radius 1 is 1.24 bits per heavy atom. The largest absolute Gasteiger partial charge is 0.497 e. The second-order valence-electron chi connectivity index (χ2n) is 4.71. The fraction of sp³-hybridized carbons (Fsp3) is 0.462. The number of ether oxygens (including phenoxy) is 1. The van der Waals surface area contributed by atoms with Crippen molar-refractivity contribution < 1.29 is 17.9 Å². The van der Waals surface area contributed by atoms with Crippen molar-refractivity contribution in [3.63, 3.8) is 0 Å². The fourth-order valence-corrected chi connectivity index (χ4v) is 4.13. The zero-order valence-electron chi connectivity index (χ0n) is 11.9. The second kappa shape index (κ2) is 6.21. The van der Waals surface area contributed by atoms with Gasteiger partial charge in [0.2, 0.25) is 15.9 Å². The summed E-state index contributed by atoms with van der Waals surface area (Å²) in [5.74, 6) is 0.454. The third-order valence-electron chi connectivity index (χ3n) is 3.44. The summed E-state index contributed by atoms with van der Waals surface area (Å²) in [7, 11) is -2.17. The highest BCUT2D eigenvalue weighted by Crippen LogP contribution is 2.28. The second-order valence-corrected chi connectivity index (χ2v) is 7.02. The molecule has 0 N–H and O–H groups in total. The Hall–Kier alpha value is -1.31. The van der Waals surface area contributed by atoms with Gasteiger partial charge in [0.05, 0.1) is 12.1 Å². The highest BCUT2D eigenvalue weighted by molar-refractivity contribution is 7.89. The number of sulfonamides is 1. The zero-order valence-corrected chi connectivity index (χ0v) is 13.4. The molecular formula is C13H17ClN2O4S. The van der Waals surface area contributed by atoms with Crippen LogP contribution in [0.2, 0.25) is 5.02 Å². The molecule has 0 aromatic heterocycles. The first-order chi connectivity index (χ1) is 9.86. The summed E-state index contributed by atoms with van der Waals surface area (Å²) in [6.07, 6.45) is 0. The molecule has 0 bridgehead atoms. The minimum absolute atomic E-state index is 0.0467. The first-order valence-corrected chi connectivity index (χ1v) is 8.27. The Bertz CT molecular complexity index is 640. The van der Waals surface area contributed by atoms with Crippen molar-refractivity contribution in [2.45, 2.75) is 11.8 Å². The van der Waals surface area contributed by atoms with Crippen LogP contribution in [0.3, 0.4) is 0 Å². The van der Waals surface area contributed by atoms with Gasteiger partial charge in [-0.15, -0.1) is 0 Å². The number of carbonyl (C=O) groups is 1. The quantitative estimate of drug-likeness (QED) is 0.834. The summed E-state index contributed by atoms with van der Waals surface area (Å²) in [5, 5.41) is 0.128. The minimum atomic E-state index is -3.66. The van der Waals surface area contributed by atoms with Crippen molar-refractivity contribution in [1.82, 2.24) is 9.21 Å². The number of piperazine rings is 1. The van der Waals surface area contributed by atoms with Crippen LogP contribution in [-0.2, 0) is 14.8 Å². The molecule has 0 spiro atoms. The number of rotatable bonds is 3. The molecule has 0 atom stereocenters. The third-order valence-corrected chi connectivity index (χ3v) is 5.82. The van der Waals surface area contributed by atoms with E-state index in [9.17, 15) is 13.2 Å². The molecule has 21 heavy (non-hydrogen) atoms. The van der Waals surface area contributed by atoms with Gasteiger partial charge in [0.25, 0.3) is 0 Å². The highest BCUT2D eigenvalue weighted by Gasteiger charge is 2.30. The zero-order chi connectivity index (χ0) is 15.6. The van der Waals surface area contributed by atoms with Gasteiger partial charge in [0, 0.05) is 39.2 Å². The SMILES string of the molecule is COc1ccc(S(=O)(=O)N2CCN(C(C)=O)CC2)c(Cl)c1. The lowest BCUT2D eigenvalue weighted by atomic mass is 10.3. The summed E-state index contributed by atoms with van der Waals surface area (Å²) >= 11 is 6.04. The fourth-order valence-electron chi connectivity index (χ4n) is 2.20. The lowest BCUT2D eigenvalue weighted by Gasteiger charge is -2.33. The van der Waals surface area contributed by atoms with E-state index < -0.39 is 10.0 Å². The number of carbonyl (C=O) groups excluding carboxylic acids is 1. The Morgan fingerprint density at radius 3 is 2.33 bits per heavy atom. The summed E-state index contributed by atoms with van der Waals surface area (Å²) in [5.41, 5.74) is 0. The smallest absolute Gasteiger partial charge is 0.244 e. The van der Waals surface area contributed by atoms with Crippen molar-refractivity contribution in [1.29, 1.82) is 0 Å². The predicted molar refractivity (Wildman–Crippen MR) is 79.0 cm³/mol. The average molecular weight is 333 g/mol. The van der Waals surface area contributed by atoms with E-state index in [4.69, 9.17) is 16.3 Å². The van der Waals surface area contributed by atoms with Crippen LogP contribution < -0.4 is 4.74 Å². The molecule has 6 nitrogen and oxygen atoms in total. The average Bonchev–Trinajstić information content (AvgIpc) is 2.46. The first kappa shape index (κ1) is 16.1. The van der Waals surface area contributed by atoms with Crippen molar-refractivity contribution in [2.75, 3.05) is 33.3 Å². The van der Waals surface area contributed by atoms with E-state index in [1.807, 2.05) is 0 Å². The number of hydrogen-bond acceptors (Lipinski definition) is 4. The molecule has 1 aromatic carbocycles. The van der Waals surface area contributed by atoms with Crippen molar-refractivity contribution in [2.24, 2.45) is 0 Å². The van der Waals surface area contributed by atoms with Gasteiger partial charge < -0.3 is 9.64 Å². The molecule has 1 heterocycles. The third kappa shape index (κ3) is 3.30. The Morgan fingerprint density at radius 2 is 1.86 bits per heavy atom. The highest BCUT2D eigenvalue weighted by atomic mass is 35.5. The molecule has 8 heteroatoms. The van der Waals surface area contributed by atoms with E-state index >= 15 is 0 Å². The Balaban J connectivity index is 2.21. The molecule has 0 radical (unpaired) electrons. The molecule has 1 amide bonds. The molecule has 0 aliphatic carbocycles. The van der Waals surface area contributed by atoms with Crippen molar-refractivity contribution in [3.8, 4) is 5.75 Å². The van der Waals surface area contributed by atoms with E-state index in [-0.39, 0.29) is 28.9 Å². The first-order valence-electron chi connectivity index (χ1n) is 6.45. The summed E-state index contributed by atoms with van der Waals surface area (Å²) in [4.78, 5) is 13.0. The van der Waals surface area contributed by atoms with Gasteiger partial charge in [-0.25, -0.2) is 8.42 Å². The van der Waals surface area contributed by atoms with Gasteiger partial charge in [-0.1, -0.05) is 11.6 Å². The van der Waals surface area contributed by atoms with Gasteiger partial charge >= 0.3 is 0 Å². The van der Waals surface area contributed by atoms with Crippen LogP contribution in [0.5, 0.6) is 5.75 Å². The Kier molecular flexibility index (Phi) is 4.75. The number of amides is 1. The summed E-state index contributed by atoms with van der Waals surface area (Å²) in [6.45, 7) is 2.80. The Labute approximate surface area is 129 Å². The van der Waals surface area contributed by atoms with Crippen LogP contribution in [0.1, 0.15) is 6.92 Å². The number of methoxy groups -OCH3 is 1. The summed E-state index contributed by atoms with van der Waals surface area (Å²) < 4.78 is 31.5. The molecule has 1 aliphatic heterocycles. The molecule has 1 aliphatic rings. The molecule has 1 fully saturated rings. The van der Waals surface area contributed by atoms with Crippen LogP contribution in [0.4, 0.5) is 0 Å². The molecule has 0 unspecified atom stereocenters. The van der Waals surface area contributed by atoms with Gasteiger partial charge in [0.1, 0.15) is 10.6 Å². The van der Waals surface area contributed by atoms with Crippen LogP contribution in [0.25, 0.3) is 0 Å². The lowest BCUT2D eigenvalue weighted by Crippen LogP contribution is -2.49. The van der Waals surface area contributed by atoms with Crippen molar-refractivity contribution in [3.05, 3.63) is 23.2 Å². The molecule has 1 saturated heterocycles. The van der Waals surface area contributed by atoms with E-state index in [1.165, 1.54) is 30.5 Å². The summed E-state index contributed by atoms with van der Waals surface area (Å²) in [6, 6.07) is 4.47. The molecular weight excluding hydrogens is 316 g/mol. The maximum atomic E-state index is 12.6. The number of benzene rings is 1. The van der Waals surface area contributed by atoms with Crippen LogP contribution in [0.15, 0.2) is 23.1 Å². The van der Waals surface area contributed by atoms with Gasteiger partial charge in [-0.3, -0.25) is 4.79 Å². The maximum Gasteiger partial charge on any atom is 0.244 e. The van der Waals surface area contributed by atoms with E-state index in [2.05, 4.69) is 0 Å². The molecule has 1 aromatic rings. The predicted octanol–water partition coefficient (Wildman–Crippen LogP) is 1.20. The van der Waals surface area contributed by atoms with E-state index in [0.29, 0.717) is 18.8 Å². The van der Waals surface area contributed by atoms with Gasteiger partial charge in [0.15, 0.2) is 0 Å².